The number of aromatic nitrogens is 4. The third-order valence-corrected chi connectivity index (χ3v) is 14.5. The van der Waals surface area contributed by atoms with E-state index in [4.69, 9.17) is 18.9 Å². The molecule has 0 spiro atoms. The average Bonchev–Trinajstić information content (AvgIpc) is 3.82. The van der Waals surface area contributed by atoms with Crippen LogP contribution >= 0.6 is 31.9 Å². The Bertz CT molecular complexity index is 2500. The van der Waals surface area contributed by atoms with Gasteiger partial charge in [-0.25, -0.2) is 9.59 Å². The van der Waals surface area contributed by atoms with Crippen molar-refractivity contribution in [2.45, 2.75) is 49.0 Å². The van der Waals surface area contributed by atoms with E-state index in [2.05, 4.69) is 124 Å². The van der Waals surface area contributed by atoms with Crippen LogP contribution in [0.15, 0.2) is 94.7 Å². The van der Waals surface area contributed by atoms with Crippen LogP contribution in [0.5, 0.6) is 0 Å². The van der Waals surface area contributed by atoms with Gasteiger partial charge < -0.3 is 18.9 Å². The van der Waals surface area contributed by atoms with Crippen molar-refractivity contribution < 1.29 is 28.5 Å². The summed E-state index contributed by atoms with van der Waals surface area (Å²) in [6.45, 7) is 2.13. The zero-order chi connectivity index (χ0) is 41.5. The summed E-state index contributed by atoms with van der Waals surface area (Å²) < 4.78 is 31.2. The molecule has 2 aromatic carbocycles. The Labute approximate surface area is 365 Å². The van der Waals surface area contributed by atoms with Crippen LogP contribution < -0.4 is 0 Å². The summed E-state index contributed by atoms with van der Waals surface area (Å²) in [5, 5.41) is 2.43. The van der Waals surface area contributed by atoms with Crippen LogP contribution in [0.3, 0.4) is 0 Å². The molecule has 310 valence electrons. The second-order valence-corrected chi connectivity index (χ2v) is 18.9. The van der Waals surface area contributed by atoms with Gasteiger partial charge in [-0.15, -0.1) is 0 Å². The quantitative estimate of drug-likeness (QED) is 0.136. The number of piperidine rings is 2. The summed E-state index contributed by atoms with van der Waals surface area (Å²) in [5.74, 6) is -0.632. The number of pyridine rings is 2. The van der Waals surface area contributed by atoms with Crippen molar-refractivity contribution in [2.24, 2.45) is 11.8 Å². The molecule has 60 heavy (non-hydrogen) atoms. The molecule has 0 unspecified atom stereocenters. The maximum atomic E-state index is 13.0. The molecule has 2 saturated heterocycles. The highest BCUT2D eigenvalue weighted by molar-refractivity contribution is 9.10. The fourth-order valence-corrected chi connectivity index (χ4v) is 12.0. The van der Waals surface area contributed by atoms with Crippen LogP contribution in [0.1, 0.15) is 55.8 Å². The molecule has 0 amide bonds. The first-order valence-electron chi connectivity index (χ1n) is 20.4. The molecule has 14 heteroatoms. The van der Waals surface area contributed by atoms with Gasteiger partial charge in [0.15, 0.2) is 0 Å². The van der Waals surface area contributed by atoms with E-state index >= 15 is 0 Å². The van der Waals surface area contributed by atoms with Crippen molar-refractivity contribution in [1.82, 2.24) is 29.1 Å². The topological polar surface area (TPSA) is 113 Å². The summed E-state index contributed by atoms with van der Waals surface area (Å²) >= 11 is 6.81. The van der Waals surface area contributed by atoms with E-state index in [1.165, 1.54) is 45.4 Å². The number of hydrogen-bond acceptors (Lipinski definition) is 10. The highest BCUT2D eigenvalue weighted by Gasteiger charge is 2.54. The summed E-state index contributed by atoms with van der Waals surface area (Å²) in [7, 11) is 7.96. The van der Waals surface area contributed by atoms with E-state index in [0.717, 1.165) is 58.8 Å². The summed E-state index contributed by atoms with van der Waals surface area (Å²) in [5.41, 5.74) is 6.79. The predicted octanol–water partition coefficient (Wildman–Crippen LogP) is 7.37. The Kier molecular flexibility index (Phi) is 10.0. The Morgan fingerprint density at radius 2 is 1.12 bits per heavy atom. The molecular weight excluding hydrogens is 892 g/mol. The van der Waals surface area contributed by atoms with E-state index < -0.39 is 11.2 Å². The zero-order valence-electron chi connectivity index (χ0n) is 33.9. The smallest absolute Gasteiger partial charge is 0.339 e. The first-order valence-corrected chi connectivity index (χ1v) is 22.0. The molecule has 6 atom stereocenters. The fourth-order valence-electron chi connectivity index (χ4n) is 11.2. The highest BCUT2D eigenvalue weighted by Crippen LogP contribution is 2.52. The number of likely N-dealkylation sites (tertiary alicyclic amines) is 2. The number of likely N-dealkylation sites (N-methyl/N-ethyl adjacent to an activating group) is 2. The van der Waals surface area contributed by atoms with Crippen LogP contribution in [-0.2, 0) is 43.0 Å². The third kappa shape index (κ3) is 6.27. The van der Waals surface area contributed by atoms with Crippen LogP contribution in [0.2, 0.25) is 0 Å². The molecule has 12 nitrogen and oxygen atoms in total. The van der Waals surface area contributed by atoms with Crippen molar-refractivity contribution in [3.63, 3.8) is 0 Å². The van der Waals surface area contributed by atoms with Gasteiger partial charge in [-0.2, -0.15) is 0 Å². The number of hydrogen-bond donors (Lipinski definition) is 0. The monoisotopic (exact) mass is 936 g/mol. The molecule has 0 bridgehead atoms. The molecule has 0 radical (unpaired) electrons. The van der Waals surface area contributed by atoms with Gasteiger partial charge in [0.2, 0.25) is 0 Å². The van der Waals surface area contributed by atoms with E-state index in [1.54, 1.807) is 24.5 Å². The number of carbonyl (C=O) groups is 2. The van der Waals surface area contributed by atoms with E-state index in [1.807, 2.05) is 14.2 Å². The zero-order valence-corrected chi connectivity index (χ0v) is 37.1. The molecule has 6 aromatic rings. The minimum absolute atomic E-state index is 0.0649. The van der Waals surface area contributed by atoms with Gasteiger partial charge >= 0.3 is 11.9 Å². The Morgan fingerprint density at radius 3 is 1.52 bits per heavy atom. The number of methoxy groups -OCH3 is 2. The van der Waals surface area contributed by atoms with E-state index in [-0.39, 0.29) is 49.1 Å². The molecule has 6 heterocycles. The lowest BCUT2D eigenvalue weighted by molar-refractivity contribution is -0.131. The second kappa shape index (κ2) is 15.2. The van der Waals surface area contributed by atoms with Gasteiger partial charge in [0, 0.05) is 108 Å². The summed E-state index contributed by atoms with van der Waals surface area (Å²) in [6, 6.07) is 16.8. The van der Waals surface area contributed by atoms with Gasteiger partial charge in [-0.05, 0) is 118 Å². The largest absolute Gasteiger partial charge is 0.462 e. The van der Waals surface area contributed by atoms with Crippen molar-refractivity contribution in [3.05, 3.63) is 128 Å². The fraction of sp³-hybridized carbons (Fsp3) is 0.391. The lowest BCUT2D eigenvalue weighted by Crippen LogP contribution is -2.60. The Hall–Kier alpha value is -4.44. The Morgan fingerprint density at radius 1 is 0.683 bits per heavy atom. The maximum Gasteiger partial charge on any atom is 0.339 e. The normalized spacial score (nSPS) is 26.2. The first-order chi connectivity index (χ1) is 29.0. The van der Waals surface area contributed by atoms with Gasteiger partial charge in [-0.3, -0.25) is 29.1 Å². The SMILES string of the molecule is CO[C@]12C[C@@H](COC(=O)c3cncc(Br)c3)CN(C)[C@@H]1Cc1cn(-n3cc4c5c(cccc53)[C@@]3(OC)C[C@@H](COC(=O)c5cncc(Br)c5)CN(C)[C@@H]3C4)c3cccc2c13. The number of carbonyl (C=O) groups excluding carboxylic acids is 2. The second-order valence-electron chi connectivity index (χ2n) is 17.0. The van der Waals surface area contributed by atoms with Gasteiger partial charge in [0.1, 0.15) is 11.2 Å². The molecule has 2 aliphatic carbocycles. The number of nitrogens with zero attached hydrogens (tertiary/aromatic N) is 6. The van der Waals surface area contributed by atoms with Crippen molar-refractivity contribution in [1.29, 1.82) is 0 Å². The van der Waals surface area contributed by atoms with Crippen molar-refractivity contribution in [3.8, 4) is 0 Å². The molecule has 4 aliphatic rings. The number of ether oxygens (including phenoxy) is 4. The molecule has 2 aliphatic heterocycles. The number of esters is 2. The van der Waals surface area contributed by atoms with Crippen LogP contribution in [0.25, 0.3) is 21.8 Å². The van der Waals surface area contributed by atoms with Gasteiger partial charge in [-0.1, -0.05) is 24.3 Å². The number of halogens is 2. The Balaban J connectivity index is 0.977. The van der Waals surface area contributed by atoms with E-state index in [0.29, 0.717) is 11.1 Å². The van der Waals surface area contributed by atoms with Crippen LogP contribution in [0, 0.1) is 11.8 Å². The van der Waals surface area contributed by atoms with Crippen molar-refractivity contribution in [2.75, 3.05) is 54.6 Å². The molecular formula is C46H46Br2N6O6. The number of rotatable bonds is 9. The van der Waals surface area contributed by atoms with Gasteiger partial charge in [0.25, 0.3) is 0 Å². The number of benzene rings is 2. The standard InChI is InChI=1S/C46H46Br2N6O6/c1-51-21-27(25-59-43(55)29-11-33(47)19-49-17-29)15-45(57-3)35-7-5-9-37-41(35)31(13-39(45)51)23-53(37)54-24-32-14-40-46(58-4,36-8-6-10-38(54)42(32)36)16-28(22-52(40)2)26-60-44(56)30-12-34(48)20-50-18-30/h5-12,17-20,23-24,27-28,39-40H,13-16,21-22,25-26H2,1-4H3/t27-,28-,39-,40-,45+,46+/m1/s1. The highest BCUT2D eigenvalue weighted by atomic mass is 79.9. The van der Waals surface area contributed by atoms with Crippen LogP contribution in [-0.4, -0.2) is 108 Å². The molecule has 2 fully saturated rings. The lowest BCUT2D eigenvalue weighted by Gasteiger charge is -2.52. The predicted molar refractivity (Wildman–Crippen MR) is 233 cm³/mol. The third-order valence-electron chi connectivity index (χ3n) is 13.7. The first kappa shape index (κ1) is 39.7. The van der Waals surface area contributed by atoms with Crippen molar-refractivity contribution >= 4 is 65.6 Å². The van der Waals surface area contributed by atoms with Crippen LogP contribution in [0.4, 0.5) is 0 Å². The minimum Gasteiger partial charge on any atom is -0.462 e. The molecule has 0 saturated carbocycles. The lowest BCUT2D eigenvalue weighted by atomic mass is 9.69. The molecule has 4 aromatic heterocycles. The molecule has 0 N–H and O–H groups in total. The average molecular weight is 939 g/mol. The number of fused-ring (bicyclic) bond motifs is 4. The van der Waals surface area contributed by atoms with Gasteiger partial charge in [0.05, 0.1) is 35.4 Å². The summed E-state index contributed by atoms with van der Waals surface area (Å²) in [6.07, 6.45) is 14.1. The maximum absolute atomic E-state index is 13.0. The summed E-state index contributed by atoms with van der Waals surface area (Å²) in [4.78, 5) is 39.1. The molecule has 10 rings (SSSR count). The van der Waals surface area contributed by atoms with E-state index in [9.17, 15) is 9.59 Å². The minimum atomic E-state index is -0.592.